The van der Waals surface area contributed by atoms with Crippen LogP contribution in [0.4, 0.5) is 5.69 Å². The number of anilines is 1. The number of nitrogens with one attached hydrogen (secondary N) is 1. The molecule has 1 heterocycles. The maximum Gasteiger partial charge on any atom is 0.242 e. The molecule has 4 nitrogen and oxygen atoms in total. The summed E-state index contributed by atoms with van der Waals surface area (Å²) in [5.41, 5.74) is 8.09. The fourth-order valence-corrected chi connectivity index (χ4v) is 2.55. The van der Waals surface area contributed by atoms with E-state index in [9.17, 15) is 4.79 Å². The SMILES string of the molecule is CCc1ccc(N2CCCNC(=O)C2CCN)cc1. The van der Waals surface area contributed by atoms with Crippen LogP contribution in [0.3, 0.4) is 0 Å². The number of nitrogens with zero attached hydrogens (tertiary/aromatic N) is 1. The van der Waals surface area contributed by atoms with Crippen LogP contribution < -0.4 is 16.0 Å². The number of aryl methyl sites for hydroxylation is 1. The normalized spacial score (nSPS) is 20.0. The first kappa shape index (κ1) is 13.9. The highest BCUT2D eigenvalue weighted by atomic mass is 16.2. The first-order chi connectivity index (χ1) is 9.26. The van der Waals surface area contributed by atoms with E-state index in [-0.39, 0.29) is 11.9 Å². The van der Waals surface area contributed by atoms with Crippen molar-refractivity contribution in [2.24, 2.45) is 5.73 Å². The van der Waals surface area contributed by atoms with Crippen LogP contribution in [0.15, 0.2) is 24.3 Å². The van der Waals surface area contributed by atoms with E-state index in [1.54, 1.807) is 0 Å². The van der Waals surface area contributed by atoms with Crippen molar-refractivity contribution in [3.05, 3.63) is 29.8 Å². The quantitative estimate of drug-likeness (QED) is 0.858. The van der Waals surface area contributed by atoms with Gasteiger partial charge >= 0.3 is 0 Å². The maximum absolute atomic E-state index is 12.1. The Labute approximate surface area is 115 Å². The highest BCUT2D eigenvalue weighted by molar-refractivity contribution is 5.85. The highest BCUT2D eigenvalue weighted by Crippen LogP contribution is 2.21. The van der Waals surface area contributed by atoms with Crippen LogP contribution in [0.2, 0.25) is 0 Å². The zero-order valence-corrected chi connectivity index (χ0v) is 11.6. The number of hydrogen-bond acceptors (Lipinski definition) is 3. The summed E-state index contributed by atoms with van der Waals surface area (Å²) in [4.78, 5) is 14.3. The molecule has 0 aliphatic carbocycles. The van der Waals surface area contributed by atoms with E-state index in [1.165, 1.54) is 5.56 Å². The van der Waals surface area contributed by atoms with Gasteiger partial charge in [0.2, 0.25) is 5.91 Å². The molecule has 104 valence electrons. The van der Waals surface area contributed by atoms with Gasteiger partial charge in [0.05, 0.1) is 0 Å². The molecule has 1 unspecified atom stereocenters. The van der Waals surface area contributed by atoms with Crippen LogP contribution >= 0.6 is 0 Å². The number of carbonyl (C=O) groups is 1. The number of nitrogens with two attached hydrogens (primary N) is 1. The van der Waals surface area contributed by atoms with E-state index in [4.69, 9.17) is 5.73 Å². The lowest BCUT2D eigenvalue weighted by molar-refractivity contribution is -0.122. The third-order valence-corrected chi connectivity index (χ3v) is 3.67. The van der Waals surface area contributed by atoms with Gasteiger partial charge in [0.25, 0.3) is 0 Å². The van der Waals surface area contributed by atoms with Gasteiger partial charge in [-0.1, -0.05) is 19.1 Å². The van der Waals surface area contributed by atoms with Crippen molar-refractivity contribution < 1.29 is 4.79 Å². The second kappa shape index (κ2) is 6.57. The van der Waals surface area contributed by atoms with Crippen LogP contribution in [0.25, 0.3) is 0 Å². The Morgan fingerprint density at radius 2 is 2.11 bits per heavy atom. The van der Waals surface area contributed by atoms with Crippen molar-refractivity contribution >= 4 is 11.6 Å². The van der Waals surface area contributed by atoms with E-state index < -0.39 is 0 Å². The Kier molecular flexibility index (Phi) is 4.80. The molecule has 1 aliphatic rings. The standard InChI is InChI=1S/C15H23N3O/c1-2-12-4-6-13(7-5-12)18-11-3-10-17-15(19)14(18)8-9-16/h4-7,14H,2-3,8-11,16H2,1H3,(H,17,19). The second-order valence-corrected chi connectivity index (χ2v) is 4.95. The Balaban J connectivity index is 2.23. The number of hydrogen-bond donors (Lipinski definition) is 2. The highest BCUT2D eigenvalue weighted by Gasteiger charge is 2.27. The summed E-state index contributed by atoms with van der Waals surface area (Å²) in [6, 6.07) is 8.36. The van der Waals surface area contributed by atoms with Gasteiger partial charge in [0.1, 0.15) is 6.04 Å². The molecule has 0 saturated carbocycles. The molecule has 2 rings (SSSR count). The first-order valence-electron chi connectivity index (χ1n) is 7.09. The van der Waals surface area contributed by atoms with E-state index in [2.05, 4.69) is 41.4 Å². The first-order valence-corrected chi connectivity index (χ1v) is 7.09. The topological polar surface area (TPSA) is 58.4 Å². The van der Waals surface area contributed by atoms with Gasteiger partial charge in [-0.3, -0.25) is 4.79 Å². The molecule has 1 aromatic rings. The molecule has 1 aromatic carbocycles. The van der Waals surface area contributed by atoms with Crippen molar-refractivity contribution in [2.45, 2.75) is 32.2 Å². The molecule has 1 fully saturated rings. The molecule has 1 saturated heterocycles. The molecule has 3 N–H and O–H groups in total. The van der Waals surface area contributed by atoms with Crippen LogP contribution in [-0.2, 0) is 11.2 Å². The summed E-state index contributed by atoms with van der Waals surface area (Å²) in [6.45, 7) is 4.32. The Hall–Kier alpha value is -1.55. The lowest BCUT2D eigenvalue weighted by Crippen LogP contribution is -2.45. The minimum absolute atomic E-state index is 0.0996. The largest absolute Gasteiger partial charge is 0.359 e. The monoisotopic (exact) mass is 261 g/mol. The lowest BCUT2D eigenvalue weighted by atomic mass is 10.1. The third-order valence-electron chi connectivity index (χ3n) is 3.67. The molecule has 0 spiro atoms. The van der Waals surface area contributed by atoms with E-state index in [1.807, 2.05) is 0 Å². The van der Waals surface area contributed by atoms with E-state index >= 15 is 0 Å². The summed E-state index contributed by atoms with van der Waals surface area (Å²) in [6.07, 6.45) is 2.71. The van der Waals surface area contributed by atoms with Crippen molar-refractivity contribution in [3.8, 4) is 0 Å². The molecule has 4 heteroatoms. The summed E-state index contributed by atoms with van der Waals surface area (Å²) < 4.78 is 0. The van der Waals surface area contributed by atoms with Crippen LogP contribution in [0.1, 0.15) is 25.3 Å². The number of amides is 1. The average molecular weight is 261 g/mol. The summed E-state index contributed by atoms with van der Waals surface area (Å²) in [5.74, 6) is 0.0996. The molecular formula is C15H23N3O. The van der Waals surface area contributed by atoms with Gasteiger partial charge in [0.15, 0.2) is 0 Å². The predicted molar refractivity (Wildman–Crippen MR) is 78.3 cm³/mol. The smallest absolute Gasteiger partial charge is 0.242 e. The van der Waals surface area contributed by atoms with Crippen LogP contribution in [-0.4, -0.2) is 31.6 Å². The van der Waals surface area contributed by atoms with Gasteiger partial charge in [-0.25, -0.2) is 0 Å². The van der Waals surface area contributed by atoms with Crippen molar-refractivity contribution in [2.75, 3.05) is 24.5 Å². The Morgan fingerprint density at radius 3 is 2.74 bits per heavy atom. The number of benzene rings is 1. The van der Waals surface area contributed by atoms with E-state index in [0.717, 1.165) is 31.6 Å². The fraction of sp³-hybridized carbons (Fsp3) is 0.533. The molecule has 19 heavy (non-hydrogen) atoms. The summed E-state index contributed by atoms with van der Waals surface area (Å²) >= 11 is 0. The summed E-state index contributed by atoms with van der Waals surface area (Å²) in [7, 11) is 0. The molecule has 0 aromatic heterocycles. The summed E-state index contributed by atoms with van der Waals surface area (Å²) in [5, 5.41) is 2.97. The van der Waals surface area contributed by atoms with Gasteiger partial charge in [0, 0.05) is 18.8 Å². The average Bonchev–Trinajstić information content (AvgIpc) is 2.62. The fourth-order valence-electron chi connectivity index (χ4n) is 2.55. The van der Waals surface area contributed by atoms with Gasteiger partial charge in [-0.05, 0) is 43.5 Å². The molecular weight excluding hydrogens is 238 g/mol. The van der Waals surface area contributed by atoms with Crippen molar-refractivity contribution in [3.63, 3.8) is 0 Å². The Bertz CT molecular complexity index is 416. The van der Waals surface area contributed by atoms with Gasteiger partial charge in [-0.15, -0.1) is 0 Å². The minimum atomic E-state index is -0.139. The zero-order chi connectivity index (χ0) is 13.7. The van der Waals surface area contributed by atoms with E-state index in [0.29, 0.717) is 13.0 Å². The minimum Gasteiger partial charge on any atom is -0.359 e. The van der Waals surface area contributed by atoms with Gasteiger partial charge in [-0.2, -0.15) is 0 Å². The molecule has 0 bridgehead atoms. The van der Waals surface area contributed by atoms with Crippen LogP contribution in [0.5, 0.6) is 0 Å². The maximum atomic E-state index is 12.1. The van der Waals surface area contributed by atoms with Crippen molar-refractivity contribution in [1.29, 1.82) is 0 Å². The number of rotatable bonds is 4. The molecule has 1 atom stereocenters. The van der Waals surface area contributed by atoms with Crippen molar-refractivity contribution in [1.82, 2.24) is 5.32 Å². The van der Waals surface area contributed by atoms with Crippen LogP contribution in [0, 0.1) is 0 Å². The molecule has 1 amide bonds. The molecule has 1 aliphatic heterocycles. The Morgan fingerprint density at radius 1 is 1.37 bits per heavy atom. The third kappa shape index (κ3) is 3.26. The predicted octanol–water partition coefficient (Wildman–Crippen LogP) is 1.29. The lowest BCUT2D eigenvalue weighted by Gasteiger charge is -2.30. The zero-order valence-electron chi connectivity index (χ0n) is 11.6. The number of carbonyl (C=O) groups excluding carboxylic acids is 1. The second-order valence-electron chi connectivity index (χ2n) is 4.95. The van der Waals surface area contributed by atoms with Gasteiger partial charge < -0.3 is 16.0 Å². The molecule has 0 radical (unpaired) electrons.